The topological polar surface area (TPSA) is 60.7 Å². The number of rotatable bonds is 9. The molecule has 0 saturated carbocycles. The molecular formula is C18H18F5NO4. The van der Waals surface area contributed by atoms with Crippen LogP contribution < -0.4 is 10.1 Å². The Morgan fingerprint density at radius 2 is 1.64 bits per heavy atom. The van der Waals surface area contributed by atoms with E-state index in [0.29, 0.717) is 19.6 Å². The van der Waals surface area contributed by atoms with E-state index >= 15 is 0 Å². The quantitative estimate of drug-likeness (QED) is 0.294. The summed E-state index contributed by atoms with van der Waals surface area (Å²) in [6.07, 6.45) is 0.668. The Balaban J connectivity index is 1.92. The van der Waals surface area contributed by atoms with E-state index in [0.717, 1.165) is 0 Å². The molecule has 0 radical (unpaired) electrons. The third kappa shape index (κ3) is 5.22. The number of hydrogen-bond acceptors (Lipinski definition) is 4. The van der Waals surface area contributed by atoms with Gasteiger partial charge in [0.25, 0.3) is 5.91 Å². The fourth-order valence-electron chi connectivity index (χ4n) is 2.11. The Morgan fingerprint density at radius 3 is 2.25 bits per heavy atom. The largest absolute Gasteiger partial charge is 0.479 e. The number of carbonyl (C=O) groups is 1. The molecule has 0 unspecified atom stereocenters. The van der Waals surface area contributed by atoms with Gasteiger partial charge in [-0.2, -0.15) is 8.78 Å². The first-order valence-electron chi connectivity index (χ1n) is 8.35. The highest BCUT2D eigenvalue weighted by Gasteiger charge is 2.27. The Kier molecular flexibility index (Phi) is 7.38. The molecule has 2 rings (SSSR count). The zero-order chi connectivity index (χ0) is 20.8. The van der Waals surface area contributed by atoms with Crippen LogP contribution in [0.4, 0.5) is 22.0 Å². The summed E-state index contributed by atoms with van der Waals surface area (Å²) in [4.78, 5) is 11.9. The van der Waals surface area contributed by atoms with Crippen molar-refractivity contribution < 1.29 is 40.6 Å². The SMILES string of the molecule is CC(C)OCCCNC(=O)c1ccc(COc2c(F)c(F)c(F)c(F)c2F)o1. The van der Waals surface area contributed by atoms with Crippen LogP contribution in [0.2, 0.25) is 0 Å². The van der Waals surface area contributed by atoms with Crippen molar-refractivity contribution in [2.45, 2.75) is 33.0 Å². The van der Waals surface area contributed by atoms with Crippen molar-refractivity contribution in [1.82, 2.24) is 5.32 Å². The van der Waals surface area contributed by atoms with E-state index in [4.69, 9.17) is 9.15 Å². The molecule has 5 nitrogen and oxygen atoms in total. The average molecular weight is 407 g/mol. The Morgan fingerprint density at radius 1 is 1.04 bits per heavy atom. The highest BCUT2D eigenvalue weighted by atomic mass is 19.2. The van der Waals surface area contributed by atoms with Gasteiger partial charge in [0.15, 0.2) is 11.5 Å². The lowest BCUT2D eigenvalue weighted by atomic mass is 10.2. The Hall–Kier alpha value is -2.62. The zero-order valence-corrected chi connectivity index (χ0v) is 15.1. The first-order chi connectivity index (χ1) is 13.2. The first kappa shape index (κ1) is 21.7. The third-order valence-corrected chi connectivity index (χ3v) is 3.47. The molecule has 28 heavy (non-hydrogen) atoms. The van der Waals surface area contributed by atoms with Crippen LogP contribution in [0.5, 0.6) is 5.75 Å². The molecule has 0 spiro atoms. The number of hydrogen-bond donors (Lipinski definition) is 1. The van der Waals surface area contributed by atoms with Gasteiger partial charge in [0.1, 0.15) is 12.4 Å². The lowest BCUT2D eigenvalue weighted by Crippen LogP contribution is -2.25. The van der Waals surface area contributed by atoms with Crippen molar-refractivity contribution in [3.8, 4) is 5.75 Å². The van der Waals surface area contributed by atoms with E-state index in [1.54, 1.807) is 0 Å². The van der Waals surface area contributed by atoms with Gasteiger partial charge in [-0.15, -0.1) is 0 Å². The van der Waals surface area contributed by atoms with E-state index < -0.39 is 47.3 Å². The molecule has 0 bridgehead atoms. The molecule has 1 aromatic heterocycles. The predicted molar refractivity (Wildman–Crippen MR) is 87.3 cm³/mol. The number of nitrogens with one attached hydrogen (secondary N) is 1. The van der Waals surface area contributed by atoms with Crippen LogP contribution in [0.1, 0.15) is 36.6 Å². The van der Waals surface area contributed by atoms with Gasteiger partial charge in [0.2, 0.25) is 29.1 Å². The van der Waals surface area contributed by atoms with Crippen LogP contribution in [0.25, 0.3) is 0 Å². The molecule has 0 atom stereocenters. The summed E-state index contributed by atoms with van der Waals surface area (Å²) in [5.41, 5.74) is 0. The number of furan rings is 1. The molecule has 1 N–H and O–H groups in total. The van der Waals surface area contributed by atoms with Crippen molar-refractivity contribution in [2.75, 3.05) is 13.2 Å². The van der Waals surface area contributed by atoms with Gasteiger partial charge >= 0.3 is 0 Å². The van der Waals surface area contributed by atoms with Crippen LogP contribution in [-0.2, 0) is 11.3 Å². The lowest BCUT2D eigenvalue weighted by molar-refractivity contribution is 0.0752. The molecule has 0 aliphatic rings. The molecule has 10 heteroatoms. The number of amides is 1. The molecule has 0 fully saturated rings. The molecule has 0 aliphatic heterocycles. The number of benzene rings is 1. The normalized spacial score (nSPS) is 11.1. The van der Waals surface area contributed by atoms with Crippen LogP contribution in [0.3, 0.4) is 0 Å². The molecule has 1 amide bonds. The van der Waals surface area contributed by atoms with E-state index in [-0.39, 0.29) is 17.6 Å². The fraction of sp³-hybridized carbons (Fsp3) is 0.389. The summed E-state index contributed by atoms with van der Waals surface area (Å²) >= 11 is 0. The van der Waals surface area contributed by atoms with Gasteiger partial charge in [0.05, 0.1) is 6.10 Å². The second-order valence-electron chi connectivity index (χ2n) is 5.98. The van der Waals surface area contributed by atoms with Crippen LogP contribution in [-0.4, -0.2) is 25.2 Å². The van der Waals surface area contributed by atoms with E-state index in [2.05, 4.69) is 10.1 Å². The molecule has 154 valence electrons. The van der Waals surface area contributed by atoms with Crippen molar-refractivity contribution in [3.05, 3.63) is 52.7 Å². The summed E-state index contributed by atoms with van der Waals surface area (Å²) in [6, 6.07) is 2.57. The van der Waals surface area contributed by atoms with Gasteiger partial charge in [-0.05, 0) is 32.4 Å². The predicted octanol–water partition coefficient (Wildman–Crippen LogP) is 4.10. The smallest absolute Gasteiger partial charge is 0.286 e. The van der Waals surface area contributed by atoms with Gasteiger partial charge in [-0.25, -0.2) is 13.2 Å². The van der Waals surface area contributed by atoms with E-state index in [1.165, 1.54) is 12.1 Å². The van der Waals surface area contributed by atoms with Crippen molar-refractivity contribution in [3.63, 3.8) is 0 Å². The summed E-state index contributed by atoms with van der Waals surface area (Å²) < 4.78 is 81.5. The molecular weight excluding hydrogens is 389 g/mol. The zero-order valence-electron chi connectivity index (χ0n) is 15.1. The highest BCUT2D eigenvalue weighted by Crippen LogP contribution is 2.29. The Bertz CT molecular complexity index is 809. The minimum atomic E-state index is -2.28. The second-order valence-corrected chi connectivity index (χ2v) is 5.98. The van der Waals surface area contributed by atoms with Gasteiger partial charge < -0.3 is 19.2 Å². The monoisotopic (exact) mass is 407 g/mol. The Labute approximate surface area is 157 Å². The van der Waals surface area contributed by atoms with Crippen LogP contribution in [0.15, 0.2) is 16.5 Å². The van der Waals surface area contributed by atoms with E-state index in [9.17, 15) is 26.7 Å². The van der Waals surface area contributed by atoms with Crippen molar-refractivity contribution in [1.29, 1.82) is 0 Å². The lowest BCUT2D eigenvalue weighted by Gasteiger charge is -2.09. The fourth-order valence-corrected chi connectivity index (χ4v) is 2.11. The molecule has 0 aliphatic carbocycles. The van der Waals surface area contributed by atoms with Crippen molar-refractivity contribution >= 4 is 5.91 Å². The molecule has 0 saturated heterocycles. The maximum absolute atomic E-state index is 13.5. The number of halogens is 5. The van der Waals surface area contributed by atoms with E-state index in [1.807, 2.05) is 13.8 Å². The summed E-state index contributed by atoms with van der Waals surface area (Å²) in [6.45, 7) is 3.93. The molecule has 1 aromatic carbocycles. The second kappa shape index (κ2) is 9.54. The minimum absolute atomic E-state index is 0.0442. The summed E-state index contributed by atoms with van der Waals surface area (Å²) in [7, 11) is 0. The first-order valence-corrected chi connectivity index (χ1v) is 8.35. The third-order valence-electron chi connectivity index (χ3n) is 3.47. The highest BCUT2D eigenvalue weighted by molar-refractivity contribution is 5.91. The van der Waals surface area contributed by atoms with Gasteiger partial charge in [-0.3, -0.25) is 4.79 Å². The van der Waals surface area contributed by atoms with Crippen molar-refractivity contribution in [2.24, 2.45) is 0 Å². The summed E-state index contributed by atoms with van der Waals surface area (Å²) in [5, 5.41) is 2.58. The van der Waals surface area contributed by atoms with Gasteiger partial charge in [0, 0.05) is 13.2 Å². The number of carbonyl (C=O) groups excluding carboxylic acids is 1. The van der Waals surface area contributed by atoms with Crippen LogP contribution in [0, 0.1) is 29.1 Å². The van der Waals surface area contributed by atoms with Crippen LogP contribution >= 0.6 is 0 Å². The average Bonchev–Trinajstić information content (AvgIpc) is 3.13. The maximum Gasteiger partial charge on any atom is 0.286 e. The molecule has 2 aromatic rings. The molecule has 1 heterocycles. The minimum Gasteiger partial charge on any atom is -0.479 e. The summed E-state index contributed by atoms with van der Waals surface area (Å²) in [5.74, 6) is -12.8. The maximum atomic E-state index is 13.5. The standard InChI is InChI=1S/C18H18F5NO4/c1-9(2)26-7-3-6-24-18(25)11-5-4-10(28-11)8-27-17-15(22)13(20)12(19)14(21)16(17)23/h4-5,9H,3,6-8H2,1-2H3,(H,24,25). The van der Waals surface area contributed by atoms with Gasteiger partial charge in [-0.1, -0.05) is 0 Å². The number of ether oxygens (including phenoxy) is 2.